The number of non-ortho nitro benzene ring substituents is 1. The van der Waals surface area contributed by atoms with E-state index in [1.807, 2.05) is 0 Å². The number of hydrogen-bond donors (Lipinski definition) is 0. The van der Waals surface area contributed by atoms with Gasteiger partial charge in [-0.05, 0) is 48.0 Å². The molecule has 2 heterocycles. The molecule has 0 atom stereocenters. The first-order valence-electron chi connectivity index (χ1n) is 11.0. The Bertz CT molecular complexity index is 1770. The molecule has 2 aromatic heterocycles. The van der Waals surface area contributed by atoms with Crippen molar-refractivity contribution in [3.8, 4) is 28.4 Å². The molecule has 5 rings (SSSR count). The molecule has 0 saturated carbocycles. The highest BCUT2D eigenvalue weighted by Crippen LogP contribution is 2.38. The summed E-state index contributed by atoms with van der Waals surface area (Å²) in [5.74, 6) is 1.06. The van der Waals surface area contributed by atoms with Crippen molar-refractivity contribution in [2.45, 2.75) is 6.61 Å². The lowest BCUT2D eigenvalue weighted by Crippen LogP contribution is -2.07. The summed E-state index contributed by atoms with van der Waals surface area (Å²) < 4.78 is 27.4. The van der Waals surface area contributed by atoms with E-state index in [0.717, 1.165) is 5.56 Å². The number of nitrogens with zero attached hydrogens (tertiary/aromatic N) is 1. The van der Waals surface area contributed by atoms with Crippen molar-refractivity contribution >= 4 is 27.6 Å². The molecule has 37 heavy (non-hydrogen) atoms. The predicted octanol–water partition coefficient (Wildman–Crippen LogP) is 5.07. The van der Waals surface area contributed by atoms with Gasteiger partial charge in [0.15, 0.2) is 11.3 Å². The maximum Gasteiger partial charge on any atom is 0.344 e. The smallest absolute Gasteiger partial charge is 0.344 e. The Hall–Kier alpha value is -5.12. The fourth-order valence-corrected chi connectivity index (χ4v) is 4.01. The molecule has 0 amide bonds. The zero-order chi connectivity index (χ0) is 26.1. The summed E-state index contributed by atoms with van der Waals surface area (Å²) in [6.07, 6.45) is 0. The molecule has 0 radical (unpaired) electrons. The van der Waals surface area contributed by atoms with Gasteiger partial charge in [-0.2, -0.15) is 0 Å². The Morgan fingerprint density at radius 3 is 2.35 bits per heavy atom. The molecule has 5 aromatic rings. The number of benzene rings is 3. The van der Waals surface area contributed by atoms with E-state index < -0.39 is 16.2 Å². The van der Waals surface area contributed by atoms with Gasteiger partial charge in [-0.3, -0.25) is 10.1 Å². The van der Waals surface area contributed by atoms with Gasteiger partial charge in [-0.15, -0.1) is 0 Å². The van der Waals surface area contributed by atoms with Crippen LogP contribution < -0.4 is 25.5 Å². The van der Waals surface area contributed by atoms with Gasteiger partial charge in [0.05, 0.1) is 24.7 Å². The molecule has 0 saturated heterocycles. The minimum Gasteiger partial charge on any atom is -0.493 e. The number of hydrogen-bond acceptors (Lipinski definition) is 9. The Balaban J connectivity index is 1.50. The lowest BCUT2D eigenvalue weighted by Gasteiger charge is -2.12. The summed E-state index contributed by atoms with van der Waals surface area (Å²) in [7, 11) is 2.89. The number of methoxy groups -OCH3 is 2. The second-order valence-electron chi connectivity index (χ2n) is 8.02. The molecule has 10 nitrogen and oxygen atoms in total. The second kappa shape index (κ2) is 9.50. The van der Waals surface area contributed by atoms with Gasteiger partial charge in [-0.1, -0.05) is 0 Å². The zero-order valence-electron chi connectivity index (χ0n) is 19.7. The van der Waals surface area contributed by atoms with Crippen molar-refractivity contribution in [3.05, 3.63) is 103 Å². The number of fused-ring (bicyclic) bond motifs is 2. The van der Waals surface area contributed by atoms with Crippen molar-refractivity contribution in [1.29, 1.82) is 0 Å². The third kappa shape index (κ3) is 4.47. The van der Waals surface area contributed by atoms with E-state index >= 15 is 0 Å². The van der Waals surface area contributed by atoms with Crippen LogP contribution in [-0.4, -0.2) is 19.1 Å². The SMILES string of the molecule is COc1ccc2c(-c3cc4ccc(OCc5ccc([N+](=O)[O-])cc5)cc4oc3=O)cc(=O)oc2c1OC. The van der Waals surface area contributed by atoms with Gasteiger partial charge in [-0.25, -0.2) is 9.59 Å². The molecule has 0 aliphatic carbocycles. The molecule has 0 fully saturated rings. The molecule has 0 aliphatic rings. The van der Waals surface area contributed by atoms with E-state index in [4.69, 9.17) is 23.0 Å². The van der Waals surface area contributed by atoms with Crippen LogP contribution in [-0.2, 0) is 6.61 Å². The first-order chi connectivity index (χ1) is 17.9. The minimum atomic E-state index is -0.663. The normalized spacial score (nSPS) is 11.0. The summed E-state index contributed by atoms with van der Waals surface area (Å²) in [5.41, 5.74) is 0.377. The van der Waals surface area contributed by atoms with E-state index in [0.29, 0.717) is 33.4 Å². The van der Waals surface area contributed by atoms with Crippen molar-refractivity contribution in [2.75, 3.05) is 14.2 Å². The van der Waals surface area contributed by atoms with Gasteiger partial charge in [0.25, 0.3) is 5.69 Å². The number of ether oxygens (including phenoxy) is 3. The van der Waals surface area contributed by atoms with E-state index in [9.17, 15) is 19.7 Å². The monoisotopic (exact) mass is 501 g/mol. The zero-order valence-corrected chi connectivity index (χ0v) is 19.7. The Morgan fingerprint density at radius 2 is 1.65 bits per heavy atom. The Labute approximate surface area is 208 Å². The van der Waals surface area contributed by atoms with Crippen LogP contribution in [0.4, 0.5) is 5.69 Å². The highest BCUT2D eigenvalue weighted by Gasteiger charge is 2.19. The van der Waals surface area contributed by atoms with E-state index in [1.165, 1.54) is 32.4 Å². The summed E-state index contributed by atoms with van der Waals surface area (Å²) >= 11 is 0. The van der Waals surface area contributed by atoms with Gasteiger partial charge >= 0.3 is 11.3 Å². The quantitative estimate of drug-likeness (QED) is 0.170. The molecule has 0 aliphatic heterocycles. The molecule has 0 N–H and O–H groups in total. The van der Waals surface area contributed by atoms with Crippen LogP contribution in [0.25, 0.3) is 33.1 Å². The van der Waals surface area contributed by atoms with Crippen LogP contribution in [0.1, 0.15) is 5.56 Å². The van der Waals surface area contributed by atoms with Crippen molar-refractivity contribution < 1.29 is 28.0 Å². The third-order valence-electron chi connectivity index (χ3n) is 5.81. The summed E-state index contributed by atoms with van der Waals surface area (Å²) in [4.78, 5) is 35.7. The topological polar surface area (TPSA) is 131 Å². The van der Waals surface area contributed by atoms with E-state index in [1.54, 1.807) is 48.5 Å². The first-order valence-corrected chi connectivity index (χ1v) is 11.0. The predicted molar refractivity (Wildman–Crippen MR) is 134 cm³/mol. The maximum atomic E-state index is 13.0. The summed E-state index contributed by atoms with van der Waals surface area (Å²) in [6, 6.07) is 17.2. The van der Waals surface area contributed by atoms with E-state index in [-0.39, 0.29) is 29.2 Å². The number of nitro groups is 1. The van der Waals surface area contributed by atoms with Crippen LogP contribution in [0.3, 0.4) is 0 Å². The molecular weight excluding hydrogens is 482 g/mol. The number of rotatable bonds is 7. The van der Waals surface area contributed by atoms with Crippen LogP contribution in [0.15, 0.2) is 85.2 Å². The highest BCUT2D eigenvalue weighted by molar-refractivity contribution is 5.98. The van der Waals surface area contributed by atoms with Gasteiger partial charge in [0, 0.05) is 40.6 Å². The van der Waals surface area contributed by atoms with Crippen molar-refractivity contribution in [2.24, 2.45) is 0 Å². The molecular formula is C27H19NO9. The lowest BCUT2D eigenvalue weighted by molar-refractivity contribution is -0.384. The molecule has 0 bridgehead atoms. The van der Waals surface area contributed by atoms with Crippen molar-refractivity contribution in [3.63, 3.8) is 0 Å². The molecule has 0 spiro atoms. The third-order valence-corrected chi connectivity index (χ3v) is 5.81. The lowest BCUT2D eigenvalue weighted by atomic mass is 10.0. The molecule has 3 aromatic carbocycles. The Morgan fingerprint density at radius 1 is 0.865 bits per heavy atom. The second-order valence-corrected chi connectivity index (χ2v) is 8.02. The molecule has 10 heteroatoms. The minimum absolute atomic E-state index is 0.00594. The number of nitro benzene ring substituents is 1. The molecule has 0 unspecified atom stereocenters. The molecule has 186 valence electrons. The fourth-order valence-electron chi connectivity index (χ4n) is 4.01. The van der Waals surface area contributed by atoms with Crippen molar-refractivity contribution in [1.82, 2.24) is 0 Å². The maximum absolute atomic E-state index is 13.0. The van der Waals surface area contributed by atoms with Gasteiger partial charge in [0.1, 0.15) is 17.9 Å². The highest BCUT2D eigenvalue weighted by atomic mass is 16.6. The standard InChI is InChI=1S/C27H19NO9/c1-33-22-10-9-19-20(13-24(29)37-25(19)26(22)34-2)21-11-16-5-8-18(12-23(16)36-27(21)30)35-14-15-3-6-17(7-4-15)28(31)32/h3-13H,14H2,1-2H3. The summed E-state index contributed by atoms with van der Waals surface area (Å²) in [6.45, 7) is 0.170. The Kier molecular flexibility index (Phi) is 6.06. The average molecular weight is 501 g/mol. The van der Waals surface area contributed by atoms with E-state index in [2.05, 4.69) is 0 Å². The van der Waals surface area contributed by atoms with Gasteiger partial charge < -0.3 is 23.0 Å². The van der Waals surface area contributed by atoms with Crippen LogP contribution >= 0.6 is 0 Å². The largest absolute Gasteiger partial charge is 0.493 e. The van der Waals surface area contributed by atoms with Crippen LogP contribution in [0.2, 0.25) is 0 Å². The van der Waals surface area contributed by atoms with Crippen LogP contribution in [0.5, 0.6) is 17.2 Å². The fraction of sp³-hybridized carbons (Fsp3) is 0.111. The average Bonchev–Trinajstić information content (AvgIpc) is 2.90. The van der Waals surface area contributed by atoms with Gasteiger partial charge in [0.2, 0.25) is 5.75 Å². The first kappa shape index (κ1) is 23.6. The summed E-state index contributed by atoms with van der Waals surface area (Å²) in [5, 5.41) is 11.9. The van der Waals surface area contributed by atoms with Crippen LogP contribution in [0, 0.1) is 10.1 Å².